The highest BCUT2D eigenvalue weighted by atomic mass is 16.6. The van der Waals surface area contributed by atoms with Crippen LogP contribution < -0.4 is 9.47 Å². The lowest BCUT2D eigenvalue weighted by Crippen LogP contribution is -2.26. The van der Waals surface area contributed by atoms with Crippen molar-refractivity contribution < 1.29 is 38.0 Å². The van der Waals surface area contributed by atoms with Gasteiger partial charge >= 0.3 is 11.9 Å². The van der Waals surface area contributed by atoms with E-state index in [-0.39, 0.29) is 36.9 Å². The number of esters is 2. The molecule has 278 valence electrons. The van der Waals surface area contributed by atoms with E-state index in [4.69, 9.17) is 28.4 Å². The van der Waals surface area contributed by atoms with Gasteiger partial charge in [0.25, 0.3) is 0 Å². The maximum Gasteiger partial charge on any atom is 0.330 e. The fraction of sp³-hybridized carbons (Fsp3) is 0.600. The van der Waals surface area contributed by atoms with Crippen LogP contribution in [-0.2, 0) is 34.0 Å². The average molecular weight is 679 g/mol. The van der Waals surface area contributed by atoms with Crippen LogP contribution in [0.5, 0.6) is 11.5 Å². The molecule has 5 atom stereocenters. The van der Waals surface area contributed by atoms with Crippen LogP contribution in [0.2, 0.25) is 0 Å². The molecule has 8 nitrogen and oxygen atoms in total. The summed E-state index contributed by atoms with van der Waals surface area (Å²) in [5.41, 5.74) is 2.19. The third-order valence-electron chi connectivity index (χ3n) is 6.30. The molecule has 1 aromatic carbocycles. The molecule has 0 spiro atoms. The van der Waals surface area contributed by atoms with E-state index in [1.807, 2.05) is 87.4 Å². The van der Waals surface area contributed by atoms with E-state index in [1.165, 1.54) is 5.57 Å². The molecule has 8 heteroatoms. The Kier molecular flexibility index (Phi) is 34.5. The lowest BCUT2D eigenvalue weighted by Gasteiger charge is -2.22. The van der Waals surface area contributed by atoms with E-state index < -0.39 is 18.0 Å². The van der Waals surface area contributed by atoms with Gasteiger partial charge in [0.05, 0.1) is 25.4 Å². The smallest absolute Gasteiger partial charge is 0.330 e. The van der Waals surface area contributed by atoms with Crippen LogP contribution in [-0.4, -0.2) is 62.8 Å². The third-order valence-corrected chi connectivity index (χ3v) is 6.30. The molecular formula is C40H70O8. The first-order chi connectivity index (χ1) is 23.0. The quantitative estimate of drug-likeness (QED) is 0.0861. The monoisotopic (exact) mass is 679 g/mol. The normalized spacial score (nSPS) is 16.0. The molecular weight excluding hydrogens is 608 g/mol. The summed E-state index contributed by atoms with van der Waals surface area (Å²) in [5.74, 6) is 0.419. The number of carbonyl (C=O) groups excluding carboxylic acids is 2. The summed E-state index contributed by atoms with van der Waals surface area (Å²) in [6, 6.07) is 5.86. The second-order valence-electron chi connectivity index (χ2n) is 9.69. The molecule has 1 aromatic rings. The maximum absolute atomic E-state index is 11.3. The predicted octanol–water partition coefficient (Wildman–Crippen LogP) is 10.0. The Bertz CT molecular complexity index is 1000. The number of hydrogen-bond donors (Lipinski definition) is 0. The Balaban J connectivity index is -0.000000882. The molecule has 2 rings (SSSR count). The topological polar surface area (TPSA) is 89.5 Å². The van der Waals surface area contributed by atoms with Gasteiger partial charge in [-0.25, -0.2) is 9.59 Å². The summed E-state index contributed by atoms with van der Waals surface area (Å²) in [7, 11) is 0. The molecule has 48 heavy (non-hydrogen) atoms. The van der Waals surface area contributed by atoms with Crippen molar-refractivity contribution in [3.63, 3.8) is 0 Å². The summed E-state index contributed by atoms with van der Waals surface area (Å²) in [4.78, 5) is 22.6. The molecule has 0 aromatic heterocycles. The van der Waals surface area contributed by atoms with E-state index in [1.54, 1.807) is 13.8 Å². The Morgan fingerprint density at radius 1 is 0.729 bits per heavy atom. The van der Waals surface area contributed by atoms with Gasteiger partial charge in [-0.3, -0.25) is 0 Å². The summed E-state index contributed by atoms with van der Waals surface area (Å²) in [6.07, 6.45) is 2.87. The van der Waals surface area contributed by atoms with Crippen molar-refractivity contribution in [2.24, 2.45) is 0 Å². The SMILES string of the molecule is C=C.C=CC(=O)OC(C)COC(C)COc1ccc(C2(CC)CC2=C)c(OCC(C)OCC(C)OC(=O)C=C)c1.CC.CC.CC.CC. The zero-order valence-electron chi connectivity index (χ0n) is 32.7. The maximum atomic E-state index is 11.3. The molecule has 5 unspecified atom stereocenters. The first kappa shape index (κ1) is 51.5. The highest BCUT2D eigenvalue weighted by Crippen LogP contribution is 2.58. The number of ether oxygens (including phenoxy) is 6. The average Bonchev–Trinajstić information content (AvgIpc) is 3.82. The van der Waals surface area contributed by atoms with Gasteiger partial charge in [-0.2, -0.15) is 0 Å². The second kappa shape index (κ2) is 32.2. The van der Waals surface area contributed by atoms with Crippen LogP contribution >= 0.6 is 0 Å². The Morgan fingerprint density at radius 2 is 1.12 bits per heavy atom. The molecule has 0 heterocycles. The largest absolute Gasteiger partial charge is 0.491 e. The van der Waals surface area contributed by atoms with Gasteiger partial charge in [0.1, 0.15) is 36.9 Å². The number of carbonyl (C=O) groups is 2. The van der Waals surface area contributed by atoms with Gasteiger partial charge in [-0.1, -0.05) is 93.7 Å². The van der Waals surface area contributed by atoms with Crippen molar-refractivity contribution in [3.8, 4) is 11.5 Å². The molecule has 1 aliphatic rings. The van der Waals surface area contributed by atoms with Crippen molar-refractivity contribution in [3.05, 3.63) is 74.4 Å². The third kappa shape index (κ3) is 20.8. The van der Waals surface area contributed by atoms with Gasteiger partial charge in [0.2, 0.25) is 0 Å². The number of rotatable bonds is 18. The minimum atomic E-state index is -0.480. The lowest BCUT2D eigenvalue weighted by atomic mass is 9.91. The van der Waals surface area contributed by atoms with Crippen molar-refractivity contribution in [1.82, 2.24) is 0 Å². The van der Waals surface area contributed by atoms with E-state index in [2.05, 4.69) is 39.8 Å². The van der Waals surface area contributed by atoms with Crippen molar-refractivity contribution >= 4 is 11.9 Å². The highest BCUT2D eigenvalue weighted by Gasteiger charge is 2.48. The van der Waals surface area contributed by atoms with Gasteiger partial charge in [-0.05, 0) is 46.6 Å². The summed E-state index contributed by atoms with van der Waals surface area (Å²) < 4.78 is 34.0. The van der Waals surface area contributed by atoms with Gasteiger partial charge in [0, 0.05) is 29.2 Å². The minimum absolute atomic E-state index is 0.0826. The molecule has 1 aliphatic carbocycles. The van der Waals surface area contributed by atoms with Crippen LogP contribution in [0.25, 0.3) is 0 Å². The van der Waals surface area contributed by atoms with Crippen molar-refractivity contribution in [1.29, 1.82) is 0 Å². The summed E-state index contributed by atoms with van der Waals surface area (Å²) >= 11 is 0. The minimum Gasteiger partial charge on any atom is -0.491 e. The lowest BCUT2D eigenvalue weighted by molar-refractivity contribution is -0.147. The number of hydrogen-bond acceptors (Lipinski definition) is 8. The summed E-state index contributed by atoms with van der Waals surface area (Å²) in [5, 5.41) is 0. The van der Waals surface area contributed by atoms with E-state index in [0.29, 0.717) is 19.0 Å². The number of allylic oxidation sites excluding steroid dienone is 1. The highest BCUT2D eigenvalue weighted by molar-refractivity contribution is 5.81. The Morgan fingerprint density at radius 3 is 1.48 bits per heavy atom. The number of benzene rings is 1. The summed E-state index contributed by atoms with van der Waals surface area (Å²) in [6.45, 7) is 43.6. The predicted molar refractivity (Wildman–Crippen MR) is 202 cm³/mol. The van der Waals surface area contributed by atoms with Crippen LogP contribution in [0.15, 0.2) is 68.8 Å². The molecule has 0 N–H and O–H groups in total. The van der Waals surface area contributed by atoms with Crippen LogP contribution in [0.3, 0.4) is 0 Å². The zero-order valence-corrected chi connectivity index (χ0v) is 32.7. The van der Waals surface area contributed by atoms with E-state index in [0.717, 1.165) is 36.3 Å². The van der Waals surface area contributed by atoms with Crippen LogP contribution in [0.1, 0.15) is 108 Å². The van der Waals surface area contributed by atoms with Crippen LogP contribution in [0.4, 0.5) is 0 Å². The second-order valence-corrected chi connectivity index (χ2v) is 9.69. The Labute approximate surface area is 294 Å². The zero-order chi connectivity index (χ0) is 38.3. The molecule has 0 amide bonds. The molecule has 0 radical (unpaired) electrons. The molecule has 1 saturated carbocycles. The van der Waals surface area contributed by atoms with Crippen LogP contribution in [0, 0.1) is 0 Å². The van der Waals surface area contributed by atoms with Crippen molar-refractivity contribution in [2.45, 2.75) is 133 Å². The first-order valence-corrected chi connectivity index (χ1v) is 17.5. The molecule has 1 fully saturated rings. The standard InChI is InChI=1S/C30H42O8.4C2H6.C2H4/c1-9-28(31)37-23(7)18-33-21(5)16-35-25-12-13-26(30(11-3)15-20(30)4)27(14-25)36-17-22(6)34-19-24(8)38-29(32)10-2;5*1-2/h9-10,12-14,21-24H,1-2,4,11,15-19H2,3,5-8H3;4*1-2H3;1-2H2. The van der Waals surface area contributed by atoms with Crippen molar-refractivity contribution in [2.75, 3.05) is 26.4 Å². The molecule has 0 aliphatic heterocycles. The van der Waals surface area contributed by atoms with Gasteiger partial charge in [-0.15, -0.1) is 13.2 Å². The fourth-order valence-corrected chi connectivity index (χ4v) is 3.96. The van der Waals surface area contributed by atoms with E-state index >= 15 is 0 Å². The van der Waals surface area contributed by atoms with E-state index in [9.17, 15) is 9.59 Å². The van der Waals surface area contributed by atoms with Gasteiger partial charge < -0.3 is 28.4 Å². The van der Waals surface area contributed by atoms with Gasteiger partial charge in [0.15, 0.2) is 0 Å². The Hall–Kier alpha value is -3.36. The molecule has 0 bridgehead atoms. The fourth-order valence-electron chi connectivity index (χ4n) is 3.96. The first-order valence-electron chi connectivity index (χ1n) is 17.5. The molecule has 0 saturated heterocycles.